The van der Waals surface area contributed by atoms with E-state index in [0.29, 0.717) is 18.4 Å². The Morgan fingerprint density at radius 3 is 2.71 bits per heavy atom. The summed E-state index contributed by atoms with van der Waals surface area (Å²) in [6, 6.07) is 2.33. The average molecular weight is 291 g/mol. The number of hydrogen-bond donors (Lipinski definition) is 2. The van der Waals surface area contributed by atoms with Crippen LogP contribution in [0.15, 0.2) is 0 Å². The minimum atomic E-state index is -0.634. The molecular weight excluding hydrogens is 266 g/mol. The summed E-state index contributed by atoms with van der Waals surface area (Å²) in [4.78, 5) is 14.4. The zero-order valence-electron chi connectivity index (χ0n) is 12.6. The molecule has 0 bridgehead atoms. The Kier molecular flexibility index (Phi) is 4.19. The monoisotopic (exact) mass is 291 g/mol. The number of nitrogens with one attached hydrogen (secondary N) is 1. The molecule has 1 heterocycles. The van der Waals surface area contributed by atoms with Gasteiger partial charge in [-0.3, -0.25) is 9.69 Å². The largest absolute Gasteiger partial charge is 0.393 e. The van der Waals surface area contributed by atoms with Gasteiger partial charge in [-0.2, -0.15) is 5.26 Å². The van der Waals surface area contributed by atoms with E-state index in [1.807, 2.05) is 0 Å². The highest BCUT2D eigenvalue weighted by atomic mass is 16.3. The van der Waals surface area contributed by atoms with Gasteiger partial charge >= 0.3 is 0 Å². The number of carbonyl (C=O) groups excluding carboxylic acids is 1. The lowest BCUT2D eigenvalue weighted by Gasteiger charge is -2.32. The Labute approximate surface area is 126 Å². The number of nitriles is 1. The molecule has 5 nitrogen and oxygen atoms in total. The van der Waals surface area contributed by atoms with Crippen molar-refractivity contribution in [3.8, 4) is 6.07 Å². The van der Waals surface area contributed by atoms with Crippen LogP contribution in [-0.2, 0) is 4.79 Å². The van der Waals surface area contributed by atoms with E-state index in [0.717, 1.165) is 58.0 Å². The fourth-order valence-electron chi connectivity index (χ4n) is 4.39. The van der Waals surface area contributed by atoms with Crippen molar-refractivity contribution in [3.63, 3.8) is 0 Å². The molecule has 2 N–H and O–H groups in total. The van der Waals surface area contributed by atoms with Gasteiger partial charge in [-0.15, -0.1) is 0 Å². The summed E-state index contributed by atoms with van der Waals surface area (Å²) in [7, 11) is 0. The van der Waals surface area contributed by atoms with Crippen molar-refractivity contribution in [2.75, 3.05) is 19.6 Å². The van der Waals surface area contributed by atoms with Gasteiger partial charge < -0.3 is 10.4 Å². The van der Waals surface area contributed by atoms with Gasteiger partial charge in [-0.05, 0) is 31.6 Å². The van der Waals surface area contributed by atoms with Crippen molar-refractivity contribution < 1.29 is 9.90 Å². The van der Waals surface area contributed by atoms with E-state index < -0.39 is 5.54 Å². The number of aliphatic hydroxyl groups excluding tert-OH is 1. The molecule has 5 heteroatoms. The Bertz CT molecular complexity index is 439. The number of rotatable bonds is 3. The van der Waals surface area contributed by atoms with Gasteiger partial charge in [0, 0.05) is 19.0 Å². The molecule has 21 heavy (non-hydrogen) atoms. The molecule has 3 fully saturated rings. The van der Waals surface area contributed by atoms with E-state index in [2.05, 4.69) is 16.3 Å². The predicted molar refractivity (Wildman–Crippen MR) is 78.2 cm³/mol. The molecule has 2 aliphatic carbocycles. The van der Waals surface area contributed by atoms with Crippen molar-refractivity contribution in [2.24, 2.45) is 11.8 Å². The highest BCUT2D eigenvalue weighted by molar-refractivity contribution is 5.79. The summed E-state index contributed by atoms with van der Waals surface area (Å²) in [5.41, 5.74) is -0.634. The fraction of sp³-hybridized carbons (Fsp3) is 0.875. The molecule has 3 atom stereocenters. The number of aliphatic hydroxyl groups is 1. The van der Waals surface area contributed by atoms with Crippen LogP contribution >= 0.6 is 0 Å². The van der Waals surface area contributed by atoms with Crippen LogP contribution in [0.5, 0.6) is 0 Å². The second kappa shape index (κ2) is 5.94. The molecule has 2 saturated carbocycles. The first-order valence-corrected chi connectivity index (χ1v) is 8.24. The van der Waals surface area contributed by atoms with Gasteiger partial charge in [0.2, 0.25) is 5.91 Å². The van der Waals surface area contributed by atoms with Crippen molar-refractivity contribution in [1.29, 1.82) is 5.26 Å². The SMILES string of the molecule is N#CC1(NC(=O)CN2CC3CCC(O)C3C2)CCCCC1. The number of likely N-dealkylation sites (tertiary alicyclic amines) is 1. The van der Waals surface area contributed by atoms with Gasteiger partial charge in [-0.25, -0.2) is 0 Å². The smallest absolute Gasteiger partial charge is 0.235 e. The van der Waals surface area contributed by atoms with Crippen LogP contribution in [-0.4, -0.2) is 47.2 Å². The first-order chi connectivity index (χ1) is 10.1. The van der Waals surface area contributed by atoms with Crippen LogP contribution in [0.3, 0.4) is 0 Å². The van der Waals surface area contributed by atoms with Gasteiger partial charge in [0.25, 0.3) is 0 Å². The van der Waals surface area contributed by atoms with Crippen LogP contribution in [0, 0.1) is 23.2 Å². The Morgan fingerprint density at radius 1 is 1.29 bits per heavy atom. The lowest BCUT2D eigenvalue weighted by atomic mass is 9.83. The van der Waals surface area contributed by atoms with Gasteiger partial charge in [0.15, 0.2) is 0 Å². The molecular formula is C16H25N3O2. The highest BCUT2D eigenvalue weighted by Crippen LogP contribution is 2.37. The fourth-order valence-corrected chi connectivity index (χ4v) is 4.39. The molecule has 0 radical (unpaired) electrons. The Hall–Kier alpha value is -1.12. The van der Waals surface area contributed by atoms with Crippen LogP contribution in [0.2, 0.25) is 0 Å². The van der Waals surface area contributed by atoms with Crippen molar-refractivity contribution >= 4 is 5.91 Å². The topological polar surface area (TPSA) is 76.4 Å². The molecule has 1 aliphatic heterocycles. The quantitative estimate of drug-likeness (QED) is 0.814. The number of nitrogens with zero attached hydrogens (tertiary/aromatic N) is 2. The van der Waals surface area contributed by atoms with Crippen molar-refractivity contribution in [2.45, 2.75) is 56.6 Å². The van der Waals surface area contributed by atoms with E-state index in [1.165, 1.54) is 0 Å². The predicted octanol–water partition coefficient (Wildman–Crippen LogP) is 1.03. The molecule has 0 spiro atoms. The molecule has 1 saturated heterocycles. The lowest BCUT2D eigenvalue weighted by molar-refractivity contribution is -0.123. The summed E-state index contributed by atoms with van der Waals surface area (Å²) < 4.78 is 0. The van der Waals surface area contributed by atoms with Crippen LogP contribution in [0.25, 0.3) is 0 Å². The standard InChI is InChI=1S/C16H25N3O2/c17-11-16(6-2-1-3-7-16)18-15(21)10-19-8-12-4-5-14(20)13(12)9-19/h12-14,20H,1-10H2,(H,18,21). The van der Waals surface area contributed by atoms with Crippen LogP contribution in [0.4, 0.5) is 0 Å². The lowest BCUT2D eigenvalue weighted by Crippen LogP contribution is -2.51. The van der Waals surface area contributed by atoms with Gasteiger partial charge in [0.05, 0.1) is 18.7 Å². The van der Waals surface area contributed by atoms with E-state index >= 15 is 0 Å². The summed E-state index contributed by atoms with van der Waals surface area (Å²) in [6.07, 6.45) is 6.55. The zero-order valence-corrected chi connectivity index (χ0v) is 12.6. The molecule has 3 unspecified atom stereocenters. The Balaban J connectivity index is 1.52. The third kappa shape index (κ3) is 3.07. The second-order valence-corrected chi connectivity index (χ2v) is 7.07. The molecule has 1 amide bonds. The van der Waals surface area contributed by atoms with Gasteiger partial charge in [0.1, 0.15) is 5.54 Å². The average Bonchev–Trinajstić information content (AvgIpc) is 3.02. The van der Waals surface area contributed by atoms with Crippen LogP contribution < -0.4 is 5.32 Å². The minimum Gasteiger partial charge on any atom is -0.393 e. The first-order valence-electron chi connectivity index (χ1n) is 8.24. The Morgan fingerprint density at radius 2 is 2.05 bits per heavy atom. The van der Waals surface area contributed by atoms with E-state index in [-0.39, 0.29) is 12.0 Å². The number of fused-ring (bicyclic) bond motifs is 1. The van der Waals surface area contributed by atoms with Crippen molar-refractivity contribution in [1.82, 2.24) is 10.2 Å². The maximum absolute atomic E-state index is 12.3. The second-order valence-electron chi connectivity index (χ2n) is 7.07. The number of carbonyl (C=O) groups is 1. The molecule has 3 rings (SSSR count). The third-order valence-electron chi connectivity index (χ3n) is 5.56. The summed E-state index contributed by atoms with van der Waals surface area (Å²) >= 11 is 0. The zero-order chi connectivity index (χ0) is 14.9. The molecule has 116 valence electrons. The molecule has 0 aromatic rings. The first kappa shape index (κ1) is 14.8. The minimum absolute atomic E-state index is 0.0343. The van der Waals surface area contributed by atoms with Gasteiger partial charge in [-0.1, -0.05) is 19.3 Å². The van der Waals surface area contributed by atoms with E-state index in [4.69, 9.17) is 0 Å². The normalized spacial score (nSPS) is 35.1. The van der Waals surface area contributed by atoms with E-state index in [1.54, 1.807) is 0 Å². The highest BCUT2D eigenvalue weighted by Gasteiger charge is 2.42. The van der Waals surface area contributed by atoms with Crippen molar-refractivity contribution in [3.05, 3.63) is 0 Å². The maximum atomic E-state index is 12.3. The maximum Gasteiger partial charge on any atom is 0.235 e. The number of hydrogen-bond acceptors (Lipinski definition) is 4. The molecule has 0 aromatic carbocycles. The number of amides is 1. The summed E-state index contributed by atoms with van der Waals surface area (Å²) in [6.45, 7) is 2.09. The molecule has 0 aromatic heterocycles. The summed E-state index contributed by atoms with van der Waals surface area (Å²) in [5, 5.41) is 22.3. The summed E-state index contributed by atoms with van der Waals surface area (Å²) in [5.74, 6) is 0.859. The van der Waals surface area contributed by atoms with E-state index in [9.17, 15) is 15.2 Å². The molecule has 3 aliphatic rings. The van der Waals surface area contributed by atoms with Crippen LogP contribution in [0.1, 0.15) is 44.9 Å². The third-order valence-corrected chi connectivity index (χ3v) is 5.56.